The largest absolute Gasteiger partial charge is 0.355 e. The first-order chi connectivity index (χ1) is 4.98. The van der Waals surface area contributed by atoms with E-state index in [1.165, 1.54) is 6.92 Å². The van der Waals surface area contributed by atoms with Crippen LogP contribution in [0.1, 0.15) is 33.6 Å². The molecule has 0 radical (unpaired) electrons. The van der Waals surface area contributed by atoms with Gasteiger partial charge in [-0.2, -0.15) is 0 Å². The van der Waals surface area contributed by atoms with Crippen molar-refractivity contribution in [3.05, 3.63) is 0 Å². The van der Waals surface area contributed by atoms with Gasteiger partial charge in [-0.15, -0.1) is 0 Å². The average molecular weight is 158 g/mol. The first-order valence-electron chi connectivity index (χ1n) is 4.01. The lowest BCUT2D eigenvalue weighted by Crippen LogP contribution is -2.47. The lowest BCUT2D eigenvalue weighted by molar-refractivity contribution is -0.119. The Kier molecular flexibility index (Phi) is 4.11. The Morgan fingerprint density at radius 1 is 1.64 bits per heavy atom. The van der Waals surface area contributed by atoms with E-state index >= 15 is 0 Å². The highest BCUT2D eigenvalue weighted by Crippen LogP contribution is 2.06. The summed E-state index contributed by atoms with van der Waals surface area (Å²) in [5.41, 5.74) is 5.61. The van der Waals surface area contributed by atoms with Gasteiger partial charge in [-0.1, -0.05) is 13.3 Å². The van der Waals surface area contributed by atoms with E-state index in [2.05, 4.69) is 12.2 Å². The second kappa shape index (κ2) is 4.34. The van der Waals surface area contributed by atoms with Crippen LogP contribution in [0.15, 0.2) is 0 Å². The summed E-state index contributed by atoms with van der Waals surface area (Å²) in [6.07, 6.45) is 1.99. The van der Waals surface area contributed by atoms with Gasteiger partial charge in [0, 0.05) is 19.0 Å². The molecule has 0 aromatic heterocycles. The van der Waals surface area contributed by atoms with Gasteiger partial charge in [0.05, 0.1) is 0 Å². The molecule has 3 N–H and O–H groups in total. The van der Waals surface area contributed by atoms with Gasteiger partial charge >= 0.3 is 0 Å². The van der Waals surface area contributed by atoms with Crippen LogP contribution in [0.25, 0.3) is 0 Å². The van der Waals surface area contributed by atoms with Gasteiger partial charge in [0.15, 0.2) is 0 Å². The third-order valence-electron chi connectivity index (χ3n) is 1.56. The Morgan fingerprint density at radius 2 is 2.18 bits per heavy atom. The smallest absolute Gasteiger partial charge is 0.216 e. The number of nitrogens with two attached hydrogens (primary N) is 1. The van der Waals surface area contributed by atoms with Gasteiger partial charge in [-0.05, 0) is 13.3 Å². The fourth-order valence-corrected chi connectivity index (χ4v) is 0.986. The maximum atomic E-state index is 10.5. The number of amides is 1. The van der Waals surface area contributed by atoms with Crippen molar-refractivity contribution < 1.29 is 4.79 Å². The molecule has 0 aliphatic heterocycles. The first-order valence-corrected chi connectivity index (χ1v) is 4.01. The number of hydrogen-bond acceptors (Lipinski definition) is 2. The third kappa shape index (κ3) is 5.85. The predicted molar refractivity (Wildman–Crippen MR) is 46.2 cm³/mol. The molecular weight excluding hydrogens is 140 g/mol. The molecule has 3 heteroatoms. The molecule has 1 atom stereocenters. The number of nitrogens with one attached hydrogen (secondary N) is 1. The number of hydrogen-bond donors (Lipinski definition) is 2. The van der Waals surface area contributed by atoms with Crippen LogP contribution in [0.4, 0.5) is 0 Å². The second-order valence-corrected chi connectivity index (χ2v) is 3.31. The van der Waals surface area contributed by atoms with E-state index in [9.17, 15) is 4.79 Å². The molecule has 0 spiro atoms. The van der Waals surface area contributed by atoms with Crippen LogP contribution in [-0.4, -0.2) is 18.0 Å². The van der Waals surface area contributed by atoms with E-state index in [1.54, 1.807) is 0 Å². The monoisotopic (exact) mass is 158 g/mol. The quantitative estimate of drug-likeness (QED) is 0.631. The summed E-state index contributed by atoms with van der Waals surface area (Å²) in [5.74, 6) is -0.0159. The van der Waals surface area contributed by atoms with Crippen molar-refractivity contribution in [1.82, 2.24) is 5.32 Å². The maximum absolute atomic E-state index is 10.5. The molecule has 0 heterocycles. The summed E-state index contributed by atoms with van der Waals surface area (Å²) in [7, 11) is 0. The molecule has 0 rings (SSSR count). The third-order valence-corrected chi connectivity index (χ3v) is 1.56. The highest BCUT2D eigenvalue weighted by Gasteiger charge is 2.16. The Balaban J connectivity index is 3.63. The van der Waals surface area contributed by atoms with Crippen molar-refractivity contribution in [3.8, 4) is 0 Å². The Bertz CT molecular complexity index is 132. The molecule has 0 bridgehead atoms. The normalized spacial score (nSPS) is 15.6. The van der Waals surface area contributed by atoms with E-state index in [0.717, 1.165) is 12.8 Å². The number of rotatable bonds is 4. The van der Waals surface area contributed by atoms with Gasteiger partial charge in [-0.25, -0.2) is 0 Å². The van der Waals surface area contributed by atoms with Crippen LogP contribution in [0.5, 0.6) is 0 Å². The van der Waals surface area contributed by atoms with E-state index in [4.69, 9.17) is 5.73 Å². The van der Waals surface area contributed by atoms with E-state index in [-0.39, 0.29) is 11.4 Å². The predicted octanol–water partition coefficient (Wildman–Crippen LogP) is 0.640. The molecule has 0 fully saturated rings. The summed E-state index contributed by atoms with van der Waals surface area (Å²) in [5, 5.41) is 2.71. The molecule has 0 aliphatic rings. The molecule has 1 unspecified atom stereocenters. The zero-order valence-electron chi connectivity index (χ0n) is 7.61. The molecule has 1 amide bonds. The Hall–Kier alpha value is -0.570. The molecule has 0 aromatic rings. The van der Waals surface area contributed by atoms with Gasteiger partial charge in [0.1, 0.15) is 0 Å². The second-order valence-electron chi connectivity index (χ2n) is 3.31. The maximum Gasteiger partial charge on any atom is 0.216 e. The average Bonchev–Trinajstić information content (AvgIpc) is 1.84. The molecule has 0 saturated carbocycles. The number of carbonyl (C=O) groups is 1. The standard InChI is InChI=1S/C8H18N2O/c1-4-5-8(3,9)6-10-7(2)11/h4-6,9H2,1-3H3,(H,10,11). The minimum atomic E-state index is -0.250. The molecule has 0 aromatic carbocycles. The van der Waals surface area contributed by atoms with Gasteiger partial charge in [0.2, 0.25) is 5.91 Å². The Morgan fingerprint density at radius 3 is 2.55 bits per heavy atom. The fourth-order valence-electron chi connectivity index (χ4n) is 0.986. The topological polar surface area (TPSA) is 55.1 Å². The summed E-state index contributed by atoms with van der Waals surface area (Å²) >= 11 is 0. The van der Waals surface area contributed by atoms with E-state index < -0.39 is 0 Å². The van der Waals surface area contributed by atoms with Crippen molar-refractivity contribution in [2.75, 3.05) is 6.54 Å². The van der Waals surface area contributed by atoms with E-state index in [0.29, 0.717) is 6.54 Å². The Labute approximate surface area is 68.3 Å². The SMILES string of the molecule is CCCC(C)(N)CNC(C)=O. The van der Waals surface area contributed by atoms with Crippen molar-refractivity contribution in [2.45, 2.75) is 39.2 Å². The minimum Gasteiger partial charge on any atom is -0.355 e. The highest BCUT2D eigenvalue weighted by molar-refractivity contribution is 5.72. The molecule has 11 heavy (non-hydrogen) atoms. The minimum absolute atomic E-state index is 0.0159. The molecule has 3 nitrogen and oxygen atoms in total. The zero-order chi connectivity index (χ0) is 8.91. The van der Waals surface area contributed by atoms with Gasteiger partial charge in [0.25, 0.3) is 0 Å². The summed E-state index contributed by atoms with van der Waals surface area (Å²) in [4.78, 5) is 10.5. The van der Waals surface area contributed by atoms with Crippen LogP contribution >= 0.6 is 0 Å². The van der Waals surface area contributed by atoms with Crippen LogP contribution in [0.2, 0.25) is 0 Å². The molecule has 66 valence electrons. The molecule has 0 aliphatic carbocycles. The van der Waals surface area contributed by atoms with Crippen LogP contribution in [-0.2, 0) is 4.79 Å². The lowest BCUT2D eigenvalue weighted by atomic mass is 9.98. The van der Waals surface area contributed by atoms with Gasteiger partial charge < -0.3 is 11.1 Å². The molecular formula is C8H18N2O. The van der Waals surface area contributed by atoms with Crippen molar-refractivity contribution in [2.24, 2.45) is 5.73 Å². The van der Waals surface area contributed by atoms with Crippen molar-refractivity contribution >= 4 is 5.91 Å². The van der Waals surface area contributed by atoms with Crippen LogP contribution in [0, 0.1) is 0 Å². The molecule has 0 saturated heterocycles. The fraction of sp³-hybridized carbons (Fsp3) is 0.875. The van der Waals surface area contributed by atoms with Crippen LogP contribution in [0.3, 0.4) is 0 Å². The van der Waals surface area contributed by atoms with E-state index in [1.807, 2.05) is 6.92 Å². The zero-order valence-corrected chi connectivity index (χ0v) is 7.61. The summed E-state index contributed by atoms with van der Waals surface area (Å²) < 4.78 is 0. The van der Waals surface area contributed by atoms with Gasteiger partial charge in [-0.3, -0.25) is 4.79 Å². The van der Waals surface area contributed by atoms with Crippen LogP contribution < -0.4 is 11.1 Å². The van der Waals surface area contributed by atoms with Crippen molar-refractivity contribution in [3.63, 3.8) is 0 Å². The highest BCUT2D eigenvalue weighted by atomic mass is 16.1. The first kappa shape index (κ1) is 10.4. The van der Waals surface area contributed by atoms with Crippen molar-refractivity contribution in [1.29, 1.82) is 0 Å². The summed E-state index contributed by atoms with van der Waals surface area (Å²) in [6.45, 7) is 6.10. The summed E-state index contributed by atoms with van der Waals surface area (Å²) in [6, 6.07) is 0. The number of carbonyl (C=O) groups excluding carboxylic acids is 1. The lowest BCUT2D eigenvalue weighted by Gasteiger charge is -2.23.